The minimum atomic E-state index is -0.845. The van der Waals surface area contributed by atoms with Crippen molar-refractivity contribution >= 4 is 12.0 Å². The zero-order valence-corrected chi connectivity index (χ0v) is 11.2. The lowest BCUT2D eigenvalue weighted by atomic mass is 9.93. The van der Waals surface area contributed by atoms with E-state index in [0.29, 0.717) is 23.5 Å². The van der Waals surface area contributed by atoms with Gasteiger partial charge in [0.15, 0.2) is 11.5 Å². The first-order chi connectivity index (χ1) is 9.15. The molecule has 1 aromatic rings. The largest absolute Gasteiger partial charge is 0.493 e. The molecular formula is C15H18O4. The maximum Gasteiger partial charge on any atom is 0.331 e. The van der Waals surface area contributed by atoms with Crippen molar-refractivity contribution in [2.24, 2.45) is 0 Å². The van der Waals surface area contributed by atoms with E-state index < -0.39 is 5.97 Å². The molecule has 4 heteroatoms. The van der Waals surface area contributed by atoms with Crippen molar-refractivity contribution in [3.05, 3.63) is 28.8 Å². The first-order valence-electron chi connectivity index (χ1n) is 6.34. The van der Waals surface area contributed by atoms with E-state index in [1.54, 1.807) is 20.3 Å². The van der Waals surface area contributed by atoms with Crippen LogP contribution in [0.2, 0.25) is 0 Å². The average Bonchev–Trinajstić information content (AvgIpc) is 2.38. The summed E-state index contributed by atoms with van der Waals surface area (Å²) in [6, 6.07) is 3.79. The fraction of sp³-hybridized carbons (Fsp3) is 0.400. The lowest BCUT2D eigenvalue weighted by molar-refractivity contribution is -0.132. The second-order valence-electron chi connectivity index (χ2n) is 4.59. The summed E-state index contributed by atoms with van der Waals surface area (Å²) in [7, 11) is 3.18. The number of aliphatic carboxylic acids is 1. The molecular weight excluding hydrogens is 244 g/mol. The van der Waals surface area contributed by atoms with Gasteiger partial charge in [0.1, 0.15) is 0 Å². The molecule has 0 radical (unpaired) electrons. The number of rotatable bonds is 3. The van der Waals surface area contributed by atoms with E-state index in [2.05, 4.69) is 0 Å². The summed E-state index contributed by atoms with van der Waals surface area (Å²) in [6.45, 7) is 0. The molecule has 2 rings (SSSR count). The molecule has 0 aromatic heterocycles. The van der Waals surface area contributed by atoms with E-state index >= 15 is 0 Å². The van der Waals surface area contributed by atoms with E-state index in [-0.39, 0.29) is 0 Å². The van der Waals surface area contributed by atoms with Crippen molar-refractivity contribution in [3.8, 4) is 11.5 Å². The Morgan fingerprint density at radius 1 is 1.11 bits per heavy atom. The molecule has 0 spiro atoms. The van der Waals surface area contributed by atoms with Gasteiger partial charge in [-0.3, -0.25) is 0 Å². The highest BCUT2D eigenvalue weighted by Gasteiger charge is 2.15. The number of aryl methyl sites for hydroxylation is 1. The van der Waals surface area contributed by atoms with Crippen LogP contribution in [0.1, 0.15) is 30.4 Å². The molecule has 0 saturated heterocycles. The van der Waals surface area contributed by atoms with Crippen LogP contribution >= 0.6 is 0 Å². The van der Waals surface area contributed by atoms with Crippen molar-refractivity contribution in [1.29, 1.82) is 0 Å². The highest BCUT2D eigenvalue weighted by atomic mass is 16.5. The van der Waals surface area contributed by atoms with Gasteiger partial charge in [0.25, 0.3) is 0 Å². The SMILES string of the molecule is COc1cc2c(cc1OC)CCCC/C(C(=O)O)=C\2. The first-order valence-corrected chi connectivity index (χ1v) is 6.34. The highest BCUT2D eigenvalue weighted by molar-refractivity contribution is 5.92. The molecule has 19 heavy (non-hydrogen) atoms. The predicted molar refractivity (Wildman–Crippen MR) is 72.7 cm³/mol. The Balaban J connectivity index is 2.53. The Morgan fingerprint density at radius 3 is 2.37 bits per heavy atom. The number of methoxy groups -OCH3 is 2. The van der Waals surface area contributed by atoms with Crippen LogP contribution in [0.5, 0.6) is 11.5 Å². The van der Waals surface area contributed by atoms with Crippen LogP contribution in [0.25, 0.3) is 6.08 Å². The Bertz CT molecular complexity index is 517. The lowest BCUT2D eigenvalue weighted by Gasteiger charge is -2.16. The molecule has 1 aromatic carbocycles. The third-order valence-electron chi connectivity index (χ3n) is 3.39. The summed E-state index contributed by atoms with van der Waals surface area (Å²) in [5.74, 6) is 0.470. The molecule has 0 amide bonds. The second kappa shape index (κ2) is 5.78. The van der Waals surface area contributed by atoms with Gasteiger partial charge in [0.2, 0.25) is 0 Å². The van der Waals surface area contributed by atoms with Crippen molar-refractivity contribution in [2.45, 2.75) is 25.7 Å². The third kappa shape index (κ3) is 2.89. The first kappa shape index (κ1) is 13.5. The van der Waals surface area contributed by atoms with Crippen molar-refractivity contribution in [1.82, 2.24) is 0 Å². The van der Waals surface area contributed by atoms with Crippen molar-refractivity contribution in [2.75, 3.05) is 14.2 Å². The van der Waals surface area contributed by atoms with E-state index in [0.717, 1.165) is 30.4 Å². The summed E-state index contributed by atoms with van der Waals surface area (Å²) < 4.78 is 10.6. The average molecular weight is 262 g/mol. The molecule has 1 N–H and O–H groups in total. The number of carboxylic acid groups (broad SMARTS) is 1. The van der Waals surface area contributed by atoms with E-state index in [1.165, 1.54) is 0 Å². The van der Waals surface area contributed by atoms with Gasteiger partial charge < -0.3 is 14.6 Å². The van der Waals surface area contributed by atoms with Gasteiger partial charge >= 0.3 is 5.97 Å². The predicted octanol–water partition coefficient (Wildman–Crippen LogP) is 2.90. The third-order valence-corrected chi connectivity index (χ3v) is 3.39. The van der Waals surface area contributed by atoms with Crippen LogP contribution in [0.15, 0.2) is 17.7 Å². The topological polar surface area (TPSA) is 55.8 Å². The molecule has 0 aliphatic heterocycles. The Labute approximate surface area is 112 Å². The number of carboxylic acids is 1. The van der Waals surface area contributed by atoms with Gasteiger partial charge in [-0.25, -0.2) is 4.79 Å². The van der Waals surface area contributed by atoms with Gasteiger partial charge in [0, 0.05) is 5.57 Å². The fourth-order valence-corrected chi connectivity index (χ4v) is 2.35. The van der Waals surface area contributed by atoms with Gasteiger partial charge in [-0.15, -0.1) is 0 Å². The molecule has 0 heterocycles. The van der Waals surface area contributed by atoms with E-state index in [4.69, 9.17) is 9.47 Å². The number of fused-ring (bicyclic) bond motifs is 1. The number of hydrogen-bond donors (Lipinski definition) is 1. The minimum Gasteiger partial charge on any atom is -0.493 e. The smallest absolute Gasteiger partial charge is 0.331 e. The molecule has 0 bridgehead atoms. The van der Waals surface area contributed by atoms with Crippen LogP contribution in [0.4, 0.5) is 0 Å². The minimum absolute atomic E-state index is 0.452. The van der Waals surface area contributed by atoms with Gasteiger partial charge in [-0.1, -0.05) is 0 Å². The summed E-state index contributed by atoms with van der Waals surface area (Å²) in [5, 5.41) is 9.18. The van der Waals surface area contributed by atoms with E-state index in [9.17, 15) is 9.90 Å². The Kier molecular flexibility index (Phi) is 4.10. The van der Waals surface area contributed by atoms with Crippen LogP contribution in [-0.4, -0.2) is 25.3 Å². The molecule has 0 fully saturated rings. The zero-order chi connectivity index (χ0) is 13.8. The highest BCUT2D eigenvalue weighted by Crippen LogP contribution is 2.33. The molecule has 0 saturated carbocycles. The van der Waals surface area contributed by atoms with Gasteiger partial charge in [0.05, 0.1) is 14.2 Å². The van der Waals surface area contributed by atoms with Gasteiger partial charge in [-0.2, -0.15) is 0 Å². The molecule has 4 nitrogen and oxygen atoms in total. The zero-order valence-electron chi connectivity index (χ0n) is 11.2. The molecule has 102 valence electrons. The van der Waals surface area contributed by atoms with Crippen molar-refractivity contribution in [3.63, 3.8) is 0 Å². The standard InChI is InChI=1S/C15H18O4/c1-18-13-8-10-5-3-4-6-11(15(16)17)7-12(10)9-14(13)19-2/h7-9H,3-6H2,1-2H3,(H,16,17)/b11-7+. The molecule has 0 unspecified atom stereocenters. The number of ether oxygens (including phenoxy) is 2. The summed E-state index contributed by atoms with van der Waals surface area (Å²) in [6.07, 6.45) is 5.17. The Hall–Kier alpha value is -1.97. The van der Waals surface area contributed by atoms with Crippen LogP contribution in [0, 0.1) is 0 Å². The number of hydrogen-bond acceptors (Lipinski definition) is 3. The van der Waals surface area contributed by atoms with Gasteiger partial charge in [-0.05, 0) is 55.0 Å². The molecule has 0 atom stereocenters. The maximum absolute atomic E-state index is 11.2. The number of carbonyl (C=O) groups is 1. The summed E-state index contributed by atoms with van der Waals surface area (Å²) in [4.78, 5) is 11.2. The quantitative estimate of drug-likeness (QED) is 0.910. The molecule has 1 aliphatic rings. The number of benzene rings is 1. The second-order valence-corrected chi connectivity index (χ2v) is 4.59. The van der Waals surface area contributed by atoms with Crippen LogP contribution in [-0.2, 0) is 11.2 Å². The Morgan fingerprint density at radius 2 is 1.74 bits per heavy atom. The van der Waals surface area contributed by atoms with E-state index in [1.807, 2.05) is 12.1 Å². The molecule has 1 aliphatic carbocycles. The maximum atomic E-state index is 11.2. The monoisotopic (exact) mass is 262 g/mol. The fourth-order valence-electron chi connectivity index (χ4n) is 2.35. The van der Waals surface area contributed by atoms with Crippen LogP contribution in [0.3, 0.4) is 0 Å². The normalized spacial score (nSPS) is 17.5. The summed E-state index contributed by atoms with van der Waals surface area (Å²) >= 11 is 0. The lowest BCUT2D eigenvalue weighted by Crippen LogP contribution is -2.05. The van der Waals surface area contributed by atoms with Crippen LogP contribution < -0.4 is 9.47 Å². The summed E-state index contributed by atoms with van der Waals surface area (Å²) in [5.41, 5.74) is 2.47. The van der Waals surface area contributed by atoms with Crippen molar-refractivity contribution < 1.29 is 19.4 Å².